The minimum absolute atomic E-state index is 0.205. The van der Waals surface area contributed by atoms with Crippen LogP contribution in [0.2, 0.25) is 0 Å². The Hall–Kier alpha value is -1.94. The van der Waals surface area contributed by atoms with E-state index in [9.17, 15) is 4.39 Å². The number of allylic oxidation sites excluding steroid dienone is 2. The summed E-state index contributed by atoms with van der Waals surface area (Å²) in [6.45, 7) is 7.89. The zero-order valence-electron chi connectivity index (χ0n) is 17.3. The molecule has 0 spiro atoms. The van der Waals surface area contributed by atoms with Crippen molar-refractivity contribution in [3.8, 4) is 5.69 Å². The molecule has 4 rings (SSSR count). The first kappa shape index (κ1) is 19.4. The summed E-state index contributed by atoms with van der Waals surface area (Å²) < 4.78 is 15.3. The maximum atomic E-state index is 13.3. The van der Waals surface area contributed by atoms with Crippen molar-refractivity contribution < 1.29 is 4.39 Å². The molecule has 0 radical (unpaired) electrons. The lowest BCUT2D eigenvalue weighted by atomic mass is 9.78. The van der Waals surface area contributed by atoms with Gasteiger partial charge in [0, 0.05) is 23.9 Å². The highest BCUT2D eigenvalue weighted by Crippen LogP contribution is 2.48. The third kappa shape index (κ3) is 3.55. The largest absolute Gasteiger partial charge is 0.314 e. The van der Waals surface area contributed by atoms with E-state index >= 15 is 0 Å². The van der Waals surface area contributed by atoms with Gasteiger partial charge in [-0.25, -0.2) is 9.07 Å². The second-order valence-corrected chi connectivity index (χ2v) is 8.41. The molecule has 0 fully saturated rings. The number of benzene rings is 1. The molecule has 2 aromatic rings. The molecular weight excluding hydrogens is 349 g/mol. The van der Waals surface area contributed by atoms with Crippen LogP contribution in [0.1, 0.15) is 70.1 Å². The van der Waals surface area contributed by atoms with Gasteiger partial charge in [0.15, 0.2) is 0 Å². The van der Waals surface area contributed by atoms with Crippen LogP contribution in [0.5, 0.6) is 0 Å². The molecule has 1 aromatic heterocycles. The van der Waals surface area contributed by atoms with Crippen molar-refractivity contribution in [2.24, 2.45) is 5.92 Å². The Balaban J connectivity index is 1.59. The topological polar surface area (TPSA) is 29.9 Å². The van der Waals surface area contributed by atoms with Gasteiger partial charge in [-0.15, -0.1) is 0 Å². The number of hydrogen-bond acceptors (Lipinski definition) is 2. The standard InChI is InChI=1S/C24H32FN3/c1-4-6-20(26-5-2)13-17-7-8-18-14-23-22(16(3)24(17)18)15-27-28(23)21-11-9-19(25)10-12-21/h9-12,15-17,20,26H,4-8,13-14H2,1-3H3/t16-,17+,20?/m0/s1. The van der Waals surface area contributed by atoms with Gasteiger partial charge in [0.05, 0.1) is 17.6 Å². The second-order valence-electron chi connectivity index (χ2n) is 8.41. The van der Waals surface area contributed by atoms with Crippen molar-refractivity contribution in [3.05, 3.63) is 58.7 Å². The summed E-state index contributed by atoms with van der Waals surface area (Å²) in [4.78, 5) is 0. The monoisotopic (exact) mass is 381 g/mol. The minimum Gasteiger partial charge on any atom is -0.314 e. The van der Waals surface area contributed by atoms with Crippen LogP contribution >= 0.6 is 0 Å². The summed E-state index contributed by atoms with van der Waals surface area (Å²) in [5.74, 6) is 0.927. The van der Waals surface area contributed by atoms with Gasteiger partial charge in [0.25, 0.3) is 0 Å². The lowest BCUT2D eigenvalue weighted by molar-refractivity contribution is 0.389. The first-order valence-corrected chi connectivity index (χ1v) is 10.9. The fraction of sp³-hybridized carbons (Fsp3) is 0.542. The minimum atomic E-state index is -0.205. The molecule has 3 nitrogen and oxygen atoms in total. The van der Waals surface area contributed by atoms with Gasteiger partial charge in [0.2, 0.25) is 0 Å². The lowest BCUT2D eigenvalue weighted by Gasteiger charge is -2.29. The predicted octanol–water partition coefficient (Wildman–Crippen LogP) is 5.55. The molecule has 0 saturated carbocycles. The van der Waals surface area contributed by atoms with Crippen molar-refractivity contribution in [1.29, 1.82) is 0 Å². The normalized spacial score (nSPS) is 22.3. The summed E-state index contributed by atoms with van der Waals surface area (Å²) in [5, 5.41) is 8.38. The Bertz CT molecular complexity index is 843. The summed E-state index contributed by atoms with van der Waals surface area (Å²) >= 11 is 0. The van der Waals surface area contributed by atoms with Crippen LogP contribution in [0.15, 0.2) is 41.6 Å². The van der Waals surface area contributed by atoms with Crippen molar-refractivity contribution in [3.63, 3.8) is 0 Å². The van der Waals surface area contributed by atoms with Gasteiger partial charge in [-0.1, -0.05) is 38.3 Å². The quantitative estimate of drug-likeness (QED) is 0.638. The molecule has 0 aliphatic heterocycles. The molecular formula is C24H32FN3. The number of aromatic nitrogens is 2. The molecule has 1 heterocycles. The fourth-order valence-electron chi connectivity index (χ4n) is 5.42. The molecule has 2 aliphatic carbocycles. The maximum absolute atomic E-state index is 13.3. The molecule has 0 amide bonds. The number of hydrogen-bond donors (Lipinski definition) is 1. The van der Waals surface area contributed by atoms with Crippen LogP contribution in [0.25, 0.3) is 5.69 Å². The van der Waals surface area contributed by atoms with Crippen LogP contribution in [-0.4, -0.2) is 22.4 Å². The molecule has 3 atom stereocenters. The zero-order chi connectivity index (χ0) is 19.7. The zero-order valence-corrected chi connectivity index (χ0v) is 17.3. The number of nitrogens with one attached hydrogen (secondary N) is 1. The SMILES string of the molecule is CCCC(C[C@H]1CCC2=C1[C@@H](C)c1cnn(-c3ccc(F)cc3)c1C2)NCC. The maximum Gasteiger partial charge on any atom is 0.123 e. The van der Waals surface area contributed by atoms with Crippen LogP contribution in [0.3, 0.4) is 0 Å². The van der Waals surface area contributed by atoms with Gasteiger partial charge < -0.3 is 5.32 Å². The Morgan fingerprint density at radius 1 is 1.25 bits per heavy atom. The van der Waals surface area contributed by atoms with Crippen molar-refractivity contribution in [1.82, 2.24) is 15.1 Å². The molecule has 1 N–H and O–H groups in total. The van der Waals surface area contributed by atoms with E-state index in [0.29, 0.717) is 17.9 Å². The van der Waals surface area contributed by atoms with Crippen LogP contribution < -0.4 is 5.32 Å². The third-order valence-electron chi connectivity index (χ3n) is 6.63. The van der Waals surface area contributed by atoms with E-state index in [4.69, 9.17) is 0 Å². The predicted molar refractivity (Wildman–Crippen MR) is 112 cm³/mol. The molecule has 0 bridgehead atoms. The van der Waals surface area contributed by atoms with Crippen molar-refractivity contribution in [2.45, 2.75) is 71.3 Å². The second kappa shape index (κ2) is 8.20. The smallest absolute Gasteiger partial charge is 0.123 e. The van der Waals surface area contributed by atoms with Gasteiger partial charge in [-0.05, 0) is 62.4 Å². The van der Waals surface area contributed by atoms with E-state index in [1.54, 1.807) is 11.1 Å². The molecule has 1 aromatic carbocycles. The number of nitrogens with zero attached hydrogens (tertiary/aromatic N) is 2. The Kier molecular flexibility index (Phi) is 5.68. The van der Waals surface area contributed by atoms with Crippen LogP contribution in [0.4, 0.5) is 4.39 Å². The average molecular weight is 382 g/mol. The molecule has 0 saturated heterocycles. The molecule has 4 heteroatoms. The summed E-state index contributed by atoms with van der Waals surface area (Å²) in [6.07, 6.45) is 9.28. The van der Waals surface area contributed by atoms with E-state index in [-0.39, 0.29) is 5.82 Å². The fourth-order valence-corrected chi connectivity index (χ4v) is 5.42. The highest BCUT2D eigenvalue weighted by atomic mass is 19.1. The van der Waals surface area contributed by atoms with Gasteiger partial charge >= 0.3 is 0 Å². The van der Waals surface area contributed by atoms with Crippen molar-refractivity contribution >= 4 is 0 Å². The molecule has 28 heavy (non-hydrogen) atoms. The van der Waals surface area contributed by atoms with E-state index in [2.05, 4.69) is 31.2 Å². The highest BCUT2D eigenvalue weighted by Gasteiger charge is 2.36. The average Bonchev–Trinajstić information content (AvgIpc) is 3.28. The van der Waals surface area contributed by atoms with Crippen molar-refractivity contribution in [2.75, 3.05) is 6.54 Å². The van der Waals surface area contributed by atoms with Crippen LogP contribution in [0, 0.1) is 11.7 Å². The van der Waals surface area contributed by atoms with E-state index in [1.165, 1.54) is 55.5 Å². The number of fused-ring (bicyclic) bond motifs is 1. The van der Waals surface area contributed by atoms with Crippen LogP contribution in [-0.2, 0) is 6.42 Å². The number of halogens is 1. The van der Waals surface area contributed by atoms with Gasteiger partial charge in [0.1, 0.15) is 5.82 Å². The molecule has 150 valence electrons. The van der Waals surface area contributed by atoms with Gasteiger partial charge in [-0.2, -0.15) is 5.10 Å². The highest BCUT2D eigenvalue weighted by molar-refractivity contribution is 5.47. The number of rotatable bonds is 7. The molecule has 1 unspecified atom stereocenters. The Morgan fingerprint density at radius 2 is 2.04 bits per heavy atom. The van der Waals surface area contributed by atoms with Gasteiger partial charge in [-0.3, -0.25) is 0 Å². The first-order valence-electron chi connectivity index (χ1n) is 10.9. The summed E-state index contributed by atoms with van der Waals surface area (Å²) in [5.41, 5.74) is 6.90. The molecule has 2 aliphatic rings. The first-order chi connectivity index (χ1) is 13.6. The Morgan fingerprint density at radius 3 is 2.75 bits per heavy atom. The Labute approximate surface area is 168 Å². The third-order valence-corrected chi connectivity index (χ3v) is 6.63. The van der Waals surface area contributed by atoms with E-state index in [1.807, 2.05) is 23.0 Å². The summed E-state index contributed by atoms with van der Waals surface area (Å²) in [6, 6.07) is 7.30. The summed E-state index contributed by atoms with van der Waals surface area (Å²) in [7, 11) is 0. The van der Waals surface area contributed by atoms with E-state index < -0.39 is 0 Å². The lowest BCUT2D eigenvalue weighted by Crippen LogP contribution is -2.31. The van der Waals surface area contributed by atoms with E-state index in [0.717, 1.165) is 18.7 Å².